The van der Waals surface area contributed by atoms with Gasteiger partial charge in [0.1, 0.15) is 5.54 Å². The predicted octanol–water partition coefficient (Wildman–Crippen LogP) is 1.99. The second kappa shape index (κ2) is 6.39. The van der Waals surface area contributed by atoms with Gasteiger partial charge in [0.2, 0.25) is 0 Å². The van der Waals surface area contributed by atoms with Crippen LogP contribution in [0.3, 0.4) is 0 Å². The van der Waals surface area contributed by atoms with Gasteiger partial charge in [-0.25, -0.2) is 4.98 Å². The van der Waals surface area contributed by atoms with Gasteiger partial charge in [0, 0.05) is 12.2 Å². The monoisotopic (exact) mass is 279 g/mol. The topological polar surface area (TPSA) is 67.2 Å². The molecule has 5 heteroatoms. The summed E-state index contributed by atoms with van der Waals surface area (Å²) in [4.78, 5) is 15.7. The van der Waals surface area contributed by atoms with Crippen molar-refractivity contribution in [1.29, 1.82) is 0 Å². The van der Waals surface area contributed by atoms with E-state index in [2.05, 4.69) is 14.9 Å². The smallest absolute Gasteiger partial charge is 0.323 e. The lowest BCUT2D eigenvalue weighted by Crippen LogP contribution is -2.47. The third-order valence-corrected chi connectivity index (χ3v) is 4.46. The van der Waals surface area contributed by atoms with Crippen molar-refractivity contribution < 1.29 is 9.90 Å². The first-order chi connectivity index (χ1) is 9.57. The number of aliphatic carboxylic acids is 1. The van der Waals surface area contributed by atoms with Crippen molar-refractivity contribution in [3.8, 4) is 0 Å². The van der Waals surface area contributed by atoms with E-state index in [9.17, 15) is 9.90 Å². The van der Waals surface area contributed by atoms with E-state index in [1.165, 1.54) is 24.2 Å². The van der Waals surface area contributed by atoms with E-state index in [1.807, 2.05) is 6.33 Å². The summed E-state index contributed by atoms with van der Waals surface area (Å²) in [6, 6.07) is 0. The molecule has 0 amide bonds. The van der Waals surface area contributed by atoms with Gasteiger partial charge in [-0.05, 0) is 58.9 Å². The van der Waals surface area contributed by atoms with Crippen LogP contribution in [0.2, 0.25) is 0 Å². The van der Waals surface area contributed by atoms with Crippen LogP contribution in [-0.2, 0) is 24.2 Å². The molecule has 112 valence electrons. The standard InChI is InChI=1S/C15H25N3O2/c1-15(16-2,14(19)20)9-5-6-10-18-11-17-12-7-3-4-8-13(12)18/h11,16H,3-10H2,1-2H3,(H,19,20). The Morgan fingerprint density at radius 2 is 2.20 bits per heavy atom. The van der Waals surface area contributed by atoms with Crippen molar-refractivity contribution in [1.82, 2.24) is 14.9 Å². The molecule has 0 saturated heterocycles. The SMILES string of the molecule is CNC(C)(CCCCn1cnc2c1CCCC2)C(=O)O. The van der Waals surface area contributed by atoms with Gasteiger partial charge in [-0.3, -0.25) is 4.79 Å². The van der Waals surface area contributed by atoms with Gasteiger partial charge in [0.05, 0.1) is 12.0 Å². The molecular formula is C15H25N3O2. The van der Waals surface area contributed by atoms with Gasteiger partial charge in [-0.1, -0.05) is 0 Å². The minimum atomic E-state index is -0.811. The van der Waals surface area contributed by atoms with Crippen LogP contribution in [0.1, 0.15) is 50.4 Å². The van der Waals surface area contributed by atoms with E-state index in [0.717, 1.165) is 32.2 Å². The third kappa shape index (κ3) is 3.20. The molecule has 0 aliphatic heterocycles. The van der Waals surface area contributed by atoms with Crippen molar-refractivity contribution >= 4 is 5.97 Å². The summed E-state index contributed by atoms with van der Waals surface area (Å²) < 4.78 is 2.26. The number of hydrogen-bond donors (Lipinski definition) is 2. The Hall–Kier alpha value is -1.36. The van der Waals surface area contributed by atoms with Gasteiger partial charge in [-0.2, -0.15) is 0 Å². The van der Waals surface area contributed by atoms with E-state index >= 15 is 0 Å². The van der Waals surface area contributed by atoms with E-state index < -0.39 is 11.5 Å². The van der Waals surface area contributed by atoms with Crippen molar-refractivity contribution in [2.24, 2.45) is 0 Å². The zero-order chi connectivity index (χ0) is 14.6. The van der Waals surface area contributed by atoms with Gasteiger partial charge < -0.3 is 15.0 Å². The summed E-state index contributed by atoms with van der Waals surface area (Å²) in [5.74, 6) is -0.778. The molecule has 0 radical (unpaired) electrons. The number of unbranched alkanes of at least 4 members (excludes halogenated alkanes) is 1. The Morgan fingerprint density at radius 3 is 2.90 bits per heavy atom. The minimum Gasteiger partial charge on any atom is -0.480 e. The number of aryl methyl sites for hydroxylation is 2. The first-order valence-corrected chi connectivity index (χ1v) is 7.52. The third-order valence-electron chi connectivity index (χ3n) is 4.46. The van der Waals surface area contributed by atoms with Crippen molar-refractivity contribution in [2.45, 2.75) is 64.0 Å². The second-order valence-corrected chi connectivity index (χ2v) is 5.88. The number of aromatic nitrogens is 2. The van der Waals surface area contributed by atoms with Crippen molar-refractivity contribution in [2.75, 3.05) is 7.05 Å². The summed E-state index contributed by atoms with van der Waals surface area (Å²) in [5.41, 5.74) is 1.85. The molecule has 0 fully saturated rings. The van der Waals surface area contributed by atoms with Crippen LogP contribution >= 0.6 is 0 Å². The molecule has 1 aromatic heterocycles. The first kappa shape index (κ1) is 15.0. The fourth-order valence-corrected chi connectivity index (χ4v) is 2.82. The average molecular weight is 279 g/mol. The number of nitrogens with zero attached hydrogens (tertiary/aromatic N) is 2. The normalized spacial score (nSPS) is 17.5. The van der Waals surface area contributed by atoms with Gasteiger partial charge in [0.25, 0.3) is 0 Å². The van der Waals surface area contributed by atoms with Crippen LogP contribution in [0.5, 0.6) is 0 Å². The number of imidazole rings is 1. The fraction of sp³-hybridized carbons (Fsp3) is 0.733. The van der Waals surface area contributed by atoms with E-state index in [-0.39, 0.29) is 0 Å². The number of carbonyl (C=O) groups is 1. The predicted molar refractivity (Wildman–Crippen MR) is 77.8 cm³/mol. The highest BCUT2D eigenvalue weighted by molar-refractivity contribution is 5.78. The zero-order valence-corrected chi connectivity index (χ0v) is 12.5. The molecule has 2 rings (SSSR count). The number of carboxylic acids is 1. The highest BCUT2D eigenvalue weighted by Crippen LogP contribution is 2.21. The van der Waals surface area contributed by atoms with Crippen LogP contribution in [-0.4, -0.2) is 33.2 Å². The molecule has 0 aromatic carbocycles. The molecule has 0 spiro atoms. The summed E-state index contributed by atoms with van der Waals surface area (Å²) in [6.45, 7) is 2.69. The van der Waals surface area contributed by atoms with Crippen LogP contribution in [0.15, 0.2) is 6.33 Å². The maximum atomic E-state index is 11.2. The number of likely N-dealkylation sites (N-methyl/N-ethyl adjacent to an activating group) is 1. The summed E-state index contributed by atoms with van der Waals surface area (Å²) in [7, 11) is 1.71. The molecular weight excluding hydrogens is 254 g/mol. The number of fused-ring (bicyclic) bond motifs is 1. The molecule has 1 aliphatic rings. The Balaban J connectivity index is 1.82. The van der Waals surface area contributed by atoms with E-state index in [0.29, 0.717) is 6.42 Å². The lowest BCUT2D eigenvalue weighted by atomic mass is 9.95. The Morgan fingerprint density at radius 1 is 1.45 bits per heavy atom. The Labute approximate surface area is 120 Å². The molecule has 1 aliphatic carbocycles. The van der Waals surface area contributed by atoms with Crippen molar-refractivity contribution in [3.05, 3.63) is 17.7 Å². The largest absolute Gasteiger partial charge is 0.480 e. The first-order valence-electron chi connectivity index (χ1n) is 7.52. The van der Waals surface area contributed by atoms with Gasteiger partial charge in [0.15, 0.2) is 0 Å². The minimum absolute atomic E-state index is 0.649. The zero-order valence-electron chi connectivity index (χ0n) is 12.5. The number of nitrogens with one attached hydrogen (secondary N) is 1. The summed E-state index contributed by atoms with van der Waals surface area (Å²) >= 11 is 0. The Kier molecular flexibility index (Phi) is 4.81. The highest BCUT2D eigenvalue weighted by atomic mass is 16.4. The van der Waals surface area contributed by atoms with Gasteiger partial charge in [-0.15, -0.1) is 0 Å². The summed E-state index contributed by atoms with van der Waals surface area (Å²) in [6.07, 6.45) is 9.25. The van der Waals surface area contributed by atoms with Crippen molar-refractivity contribution in [3.63, 3.8) is 0 Å². The molecule has 2 N–H and O–H groups in total. The quantitative estimate of drug-likeness (QED) is 0.749. The molecule has 1 aromatic rings. The van der Waals surface area contributed by atoms with Crippen LogP contribution < -0.4 is 5.32 Å². The number of hydrogen-bond acceptors (Lipinski definition) is 3. The fourth-order valence-electron chi connectivity index (χ4n) is 2.82. The van der Waals surface area contributed by atoms with Gasteiger partial charge >= 0.3 is 5.97 Å². The van der Waals surface area contributed by atoms with Crippen LogP contribution in [0.25, 0.3) is 0 Å². The second-order valence-electron chi connectivity index (χ2n) is 5.88. The molecule has 0 saturated carbocycles. The lowest BCUT2D eigenvalue weighted by Gasteiger charge is -2.24. The molecule has 0 bridgehead atoms. The summed E-state index contributed by atoms with van der Waals surface area (Å²) in [5, 5.41) is 12.1. The maximum absolute atomic E-state index is 11.2. The number of carboxylic acid groups (broad SMARTS) is 1. The van der Waals surface area contributed by atoms with E-state index in [1.54, 1.807) is 14.0 Å². The molecule has 5 nitrogen and oxygen atoms in total. The van der Waals surface area contributed by atoms with Crippen LogP contribution in [0.4, 0.5) is 0 Å². The number of rotatable bonds is 7. The highest BCUT2D eigenvalue weighted by Gasteiger charge is 2.30. The van der Waals surface area contributed by atoms with E-state index in [4.69, 9.17) is 0 Å². The maximum Gasteiger partial charge on any atom is 0.323 e. The Bertz CT molecular complexity index is 470. The molecule has 20 heavy (non-hydrogen) atoms. The molecule has 1 unspecified atom stereocenters. The molecule has 1 atom stereocenters. The molecule has 1 heterocycles. The van der Waals surface area contributed by atoms with Crippen LogP contribution in [0, 0.1) is 0 Å². The lowest BCUT2D eigenvalue weighted by molar-refractivity contribution is -0.144. The average Bonchev–Trinajstić information content (AvgIpc) is 2.86.